The molecule has 0 aliphatic heterocycles. The number of hydrogen-bond donors (Lipinski definition) is 3. The molecular formula is C21H27BN2O4. The Hall–Kier alpha value is -2.64. The molecule has 0 saturated heterocycles. The molecule has 0 aromatic heterocycles. The first-order chi connectivity index (χ1) is 13.4. The van der Waals surface area contributed by atoms with Gasteiger partial charge in [-0.2, -0.15) is 0 Å². The van der Waals surface area contributed by atoms with Crippen molar-refractivity contribution in [2.75, 3.05) is 7.11 Å². The highest BCUT2D eigenvalue weighted by Crippen LogP contribution is 2.19. The number of carbonyl (C=O) groups excluding carboxylic acids is 2. The molecule has 1 amide bonds. The number of ether oxygens (including phenoxy) is 1. The number of methoxy groups -OCH3 is 1. The van der Waals surface area contributed by atoms with E-state index >= 15 is 0 Å². The molecule has 28 heavy (non-hydrogen) atoms. The van der Waals surface area contributed by atoms with Crippen LogP contribution in [0.15, 0.2) is 60.7 Å². The lowest BCUT2D eigenvalue weighted by atomic mass is 9.82. The standard InChI is InChI=1S/C21H27BN2O4/c1-15(17-12-8-5-9-13-17)19(24-22(2)27)20(25)23-18(21(26)28-3)14-16-10-6-4-7-11-16/h4-13,15,18-19,24,27H,14H2,1-3H3,(H,23,25)/t15-,18-,19-/m1/s1. The summed E-state index contributed by atoms with van der Waals surface area (Å²) in [7, 11) is 0.414. The average molecular weight is 382 g/mol. The lowest BCUT2D eigenvalue weighted by molar-refractivity contribution is -0.145. The fraction of sp³-hybridized carbons (Fsp3) is 0.333. The summed E-state index contributed by atoms with van der Waals surface area (Å²) < 4.78 is 4.87. The van der Waals surface area contributed by atoms with Crippen LogP contribution in [0.3, 0.4) is 0 Å². The topological polar surface area (TPSA) is 87.7 Å². The van der Waals surface area contributed by atoms with Gasteiger partial charge in [-0.3, -0.25) is 4.79 Å². The van der Waals surface area contributed by atoms with Crippen molar-refractivity contribution in [1.29, 1.82) is 0 Å². The Bertz CT molecular complexity index is 756. The third-order valence-electron chi connectivity index (χ3n) is 4.61. The van der Waals surface area contributed by atoms with Crippen LogP contribution < -0.4 is 10.5 Å². The Morgan fingerprint density at radius 2 is 1.64 bits per heavy atom. The van der Waals surface area contributed by atoms with Gasteiger partial charge in [-0.15, -0.1) is 0 Å². The maximum atomic E-state index is 13.0. The zero-order valence-electron chi connectivity index (χ0n) is 16.5. The highest BCUT2D eigenvalue weighted by atomic mass is 16.5. The van der Waals surface area contributed by atoms with Gasteiger partial charge in [-0.1, -0.05) is 67.6 Å². The second kappa shape index (κ2) is 10.6. The molecule has 0 fully saturated rings. The van der Waals surface area contributed by atoms with Gasteiger partial charge in [-0.05, 0) is 17.9 Å². The molecule has 7 heteroatoms. The molecule has 0 unspecified atom stereocenters. The molecule has 3 atom stereocenters. The predicted molar refractivity (Wildman–Crippen MR) is 110 cm³/mol. The van der Waals surface area contributed by atoms with Gasteiger partial charge in [0.25, 0.3) is 0 Å². The predicted octanol–water partition coefficient (Wildman–Crippen LogP) is 1.76. The average Bonchev–Trinajstić information content (AvgIpc) is 2.71. The lowest BCUT2D eigenvalue weighted by Crippen LogP contribution is -2.55. The van der Waals surface area contributed by atoms with Gasteiger partial charge in [0.1, 0.15) is 6.04 Å². The highest BCUT2D eigenvalue weighted by Gasteiger charge is 2.31. The van der Waals surface area contributed by atoms with Crippen molar-refractivity contribution in [3.8, 4) is 0 Å². The summed E-state index contributed by atoms with van der Waals surface area (Å²) in [4.78, 5) is 25.3. The number of rotatable bonds is 9. The molecule has 2 aromatic carbocycles. The normalized spacial score (nSPS) is 13.9. The van der Waals surface area contributed by atoms with Crippen molar-refractivity contribution < 1.29 is 19.3 Å². The minimum Gasteiger partial charge on any atom is -0.467 e. The van der Waals surface area contributed by atoms with Gasteiger partial charge in [-0.25, -0.2) is 4.79 Å². The molecule has 0 saturated carbocycles. The van der Waals surface area contributed by atoms with Gasteiger partial charge in [0.2, 0.25) is 5.91 Å². The van der Waals surface area contributed by atoms with Crippen molar-refractivity contribution in [2.45, 2.75) is 38.2 Å². The monoisotopic (exact) mass is 382 g/mol. The molecule has 0 aliphatic carbocycles. The molecule has 0 bridgehead atoms. The number of esters is 1. The van der Waals surface area contributed by atoms with E-state index in [0.29, 0.717) is 6.42 Å². The summed E-state index contributed by atoms with van der Waals surface area (Å²) in [6.45, 7) is 3.46. The molecular weight excluding hydrogens is 355 g/mol. The van der Waals surface area contributed by atoms with E-state index in [-0.39, 0.29) is 11.8 Å². The molecule has 0 aliphatic rings. The van der Waals surface area contributed by atoms with E-state index in [1.165, 1.54) is 7.11 Å². The van der Waals surface area contributed by atoms with Crippen LogP contribution in [0.2, 0.25) is 6.82 Å². The van der Waals surface area contributed by atoms with Crippen molar-refractivity contribution in [2.24, 2.45) is 0 Å². The summed E-state index contributed by atoms with van der Waals surface area (Å²) >= 11 is 0. The Kier molecular flexibility index (Phi) is 8.23. The Morgan fingerprint density at radius 3 is 2.18 bits per heavy atom. The Labute approximate surface area is 166 Å². The van der Waals surface area contributed by atoms with Gasteiger partial charge in [0, 0.05) is 12.3 Å². The van der Waals surface area contributed by atoms with E-state index in [2.05, 4.69) is 10.5 Å². The van der Waals surface area contributed by atoms with Gasteiger partial charge in [0.15, 0.2) is 0 Å². The fourth-order valence-electron chi connectivity index (χ4n) is 3.10. The number of hydrogen-bond acceptors (Lipinski definition) is 5. The first-order valence-corrected chi connectivity index (χ1v) is 9.33. The molecule has 2 aromatic rings. The third-order valence-corrected chi connectivity index (χ3v) is 4.61. The van der Waals surface area contributed by atoms with Crippen LogP contribution in [0.1, 0.15) is 24.0 Å². The van der Waals surface area contributed by atoms with Crippen LogP contribution >= 0.6 is 0 Å². The van der Waals surface area contributed by atoms with Crippen LogP contribution in [0.4, 0.5) is 0 Å². The molecule has 2 rings (SSSR count). The molecule has 3 N–H and O–H groups in total. The first kappa shape index (κ1) is 21.7. The van der Waals surface area contributed by atoms with Crippen molar-refractivity contribution in [1.82, 2.24) is 10.5 Å². The van der Waals surface area contributed by atoms with E-state index in [0.717, 1.165) is 11.1 Å². The second-order valence-corrected chi connectivity index (χ2v) is 6.79. The summed E-state index contributed by atoms with van der Waals surface area (Å²) in [6.07, 6.45) is 0.320. The van der Waals surface area contributed by atoms with E-state index in [4.69, 9.17) is 4.74 Å². The summed E-state index contributed by atoms with van der Waals surface area (Å²) in [5.74, 6) is -1.10. The largest absolute Gasteiger partial charge is 0.467 e. The molecule has 0 radical (unpaired) electrons. The molecule has 0 spiro atoms. The maximum Gasteiger partial charge on any atom is 0.374 e. The van der Waals surface area contributed by atoms with Crippen LogP contribution in [0.5, 0.6) is 0 Å². The SMILES string of the molecule is COC(=O)[C@@H](Cc1ccccc1)NC(=O)[C@H](NB(C)O)[C@H](C)c1ccccc1. The van der Waals surface area contributed by atoms with Crippen LogP contribution in [0, 0.1) is 0 Å². The quantitative estimate of drug-likeness (QED) is 0.455. The van der Waals surface area contributed by atoms with E-state index < -0.39 is 25.1 Å². The lowest BCUT2D eigenvalue weighted by Gasteiger charge is -2.27. The Morgan fingerprint density at radius 1 is 1.07 bits per heavy atom. The third kappa shape index (κ3) is 6.21. The maximum absolute atomic E-state index is 13.0. The zero-order valence-corrected chi connectivity index (χ0v) is 16.5. The van der Waals surface area contributed by atoms with Crippen LogP contribution in [0.25, 0.3) is 0 Å². The number of amides is 1. The van der Waals surface area contributed by atoms with E-state index in [9.17, 15) is 14.6 Å². The fourth-order valence-corrected chi connectivity index (χ4v) is 3.10. The van der Waals surface area contributed by atoms with Crippen LogP contribution in [-0.4, -0.2) is 43.1 Å². The van der Waals surface area contributed by atoms with Crippen LogP contribution in [-0.2, 0) is 20.7 Å². The first-order valence-electron chi connectivity index (χ1n) is 9.33. The molecule has 148 valence electrons. The number of benzene rings is 2. The smallest absolute Gasteiger partial charge is 0.374 e. The number of nitrogens with one attached hydrogen (secondary N) is 2. The summed E-state index contributed by atoms with van der Waals surface area (Å²) in [6, 6.07) is 17.4. The highest BCUT2D eigenvalue weighted by molar-refractivity contribution is 6.46. The minimum atomic E-state index is -0.882. The molecule has 0 heterocycles. The summed E-state index contributed by atoms with van der Waals surface area (Å²) in [5, 5.41) is 15.5. The van der Waals surface area contributed by atoms with Crippen molar-refractivity contribution in [3.63, 3.8) is 0 Å². The van der Waals surface area contributed by atoms with E-state index in [1.807, 2.05) is 67.6 Å². The van der Waals surface area contributed by atoms with Crippen molar-refractivity contribution >= 4 is 18.9 Å². The van der Waals surface area contributed by atoms with Gasteiger partial charge >= 0.3 is 13.0 Å². The second-order valence-electron chi connectivity index (χ2n) is 6.79. The number of carbonyl (C=O) groups is 2. The minimum absolute atomic E-state index is 0.217. The van der Waals surface area contributed by atoms with Crippen molar-refractivity contribution in [3.05, 3.63) is 71.8 Å². The van der Waals surface area contributed by atoms with E-state index in [1.54, 1.807) is 6.82 Å². The van der Waals surface area contributed by atoms with Gasteiger partial charge < -0.3 is 20.3 Å². The van der Waals surface area contributed by atoms with Gasteiger partial charge in [0.05, 0.1) is 13.2 Å². The Balaban J connectivity index is 2.19. The molecule has 6 nitrogen and oxygen atoms in total. The summed E-state index contributed by atoms with van der Waals surface area (Å²) in [5.41, 5.74) is 1.86. The zero-order chi connectivity index (χ0) is 20.5.